The van der Waals surface area contributed by atoms with Crippen LogP contribution >= 0.6 is 0 Å². The highest BCUT2D eigenvalue weighted by Gasteiger charge is 2.48. The summed E-state index contributed by atoms with van der Waals surface area (Å²) >= 11 is 0. The van der Waals surface area contributed by atoms with Gasteiger partial charge in [0.1, 0.15) is 0 Å². The molecule has 4 heteroatoms. The minimum Gasteiger partial charge on any atom is -0.447 e. The molecule has 0 saturated carbocycles. The van der Waals surface area contributed by atoms with Crippen molar-refractivity contribution in [2.75, 3.05) is 4.90 Å². The number of anilines is 1. The molecule has 0 unspecified atom stereocenters. The smallest absolute Gasteiger partial charge is 0.303 e. The van der Waals surface area contributed by atoms with E-state index in [4.69, 9.17) is 4.74 Å². The molecule has 2 aliphatic rings. The van der Waals surface area contributed by atoms with Gasteiger partial charge in [-0.2, -0.15) is 0 Å². The van der Waals surface area contributed by atoms with Crippen LogP contribution in [0, 0.1) is 0 Å². The molecule has 3 atom stereocenters. The van der Waals surface area contributed by atoms with Gasteiger partial charge >= 0.3 is 5.97 Å². The van der Waals surface area contributed by atoms with Gasteiger partial charge in [-0.3, -0.25) is 9.59 Å². The first-order valence-electron chi connectivity index (χ1n) is 9.87. The lowest BCUT2D eigenvalue weighted by Gasteiger charge is -2.29. The molecule has 3 aromatic carbocycles. The van der Waals surface area contributed by atoms with Crippen molar-refractivity contribution in [1.82, 2.24) is 0 Å². The second-order valence-electron chi connectivity index (χ2n) is 7.62. The Hall–Kier alpha value is -3.40. The molecule has 0 bridgehead atoms. The lowest BCUT2D eigenvalue weighted by Crippen LogP contribution is -2.37. The quantitative estimate of drug-likeness (QED) is 0.615. The van der Waals surface area contributed by atoms with Gasteiger partial charge in [0.25, 0.3) is 5.91 Å². The van der Waals surface area contributed by atoms with Crippen LogP contribution in [-0.4, -0.2) is 11.9 Å². The molecular formula is C25H21NO3. The Kier molecular flexibility index (Phi) is 4.20. The van der Waals surface area contributed by atoms with E-state index in [2.05, 4.69) is 18.2 Å². The van der Waals surface area contributed by atoms with Gasteiger partial charge in [0.2, 0.25) is 6.10 Å². The first-order valence-corrected chi connectivity index (χ1v) is 9.87. The topological polar surface area (TPSA) is 46.6 Å². The number of esters is 1. The zero-order chi connectivity index (χ0) is 20.0. The van der Waals surface area contributed by atoms with Crippen LogP contribution in [0.25, 0.3) is 0 Å². The van der Waals surface area contributed by atoms with E-state index < -0.39 is 12.1 Å². The van der Waals surface area contributed by atoms with Crippen molar-refractivity contribution in [2.45, 2.75) is 31.4 Å². The molecule has 1 amide bonds. The molecule has 1 aliphatic heterocycles. The van der Waals surface area contributed by atoms with Crippen molar-refractivity contribution in [1.29, 1.82) is 0 Å². The zero-order valence-electron chi connectivity index (χ0n) is 16.1. The molecule has 1 aliphatic carbocycles. The van der Waals surface area contributed by atoms with Gasteiger partial charge in [0.05, 0.1) is 6.04 Å². The van der Waals surface area contributed by atoms with Crippen LogP contribution < -0.4 is 4.90 Å². The SMILES string of the molecule is CC(=O)O[C@H](C(=O)N1c2ccccc2[C@@H]2Cc3ccccc3[C@@H]21)c1ccccc1. The van der Waals surface area contributed by atoms with Crippen LogP contribution in [0.3, 0.4) is 0 Å². The maximum absolute atomic E-state index is 13.8. The summed E-state index contributed by atoms with van der Waals surface area (Å²) in [5, 5.41) is 0. The zero-order valence-corrected chi connectivity index (χ0v) is 16.1. The largest absolute Gasteiger partial charge is 0.447 e. The number of ether oxygens (including phenoxy) is 1. The third kappa shape index (κ3) is 2.83. The number of nitrogens with zero attached hydrogens (tertiary/aromatic N) is 1. The van der Waals surface area contributed by atoms with Crippen LogP contribution in [0.5, 0.6) is 0 Å². The van der Waals surface area contributed by atoms with E-state index in [0.717, 1.165) is 12.1 Å². The summed E-state index contributed by atoms with van der Waals surface area (Å²) in [7, 11) is 0. The van der Waals surface area contributed by atoms with E-state index in [1.165, 1.54) is 23.6 Å². The highest BCUT2D eigenvalue weighted by atomic mass is 16.5. The van der Waals surface area contributed by atoms with Crippen LogP contribution in [-0.2, 0) is 20.7 Å². The lowest BCUT2D eigenvalue weighted by molar-refractivity contribution is -0.153. The maximum Gasteiger partial charge on any atom is 0.303 e. The van der Waals surface area contributed by atoms with Crippen molar-refractivity contribution in [3.8, 4) is 0 Å². The summed E-state index contributed by atoms with van der Waals surface area (Å²) in [6.07, 6.45) is -0.0566. The van der Waals surface area contributed by atoms with Crippen molar-refractivity contribution in [3.05, 3.63) is 101 Å². The van der Waals surface area contributed by atoms with Gasteiger partial charge in [-0.25, -0.2) is 0 Å². The molecule has 0 radical (unpaired) electrons. The number of fused-ring (bicyclic) bond motifs is 5. The summed E-state index contributed by atoms with van der Waals surface area (Å²) in [4.78, 5) is 27.5. The second kappa shape index (κ2) is 6.89. The molecule has 4 nitrogen and oxygen atoms in total. The van der Waals surface area contributed by atoms with Crippen LogP contribution in [0.15, 0.2) is 78.9 Å². The van der Waals surface area contributed by atoms with Crippen LogP contribution in [0.2, 0.25) is 0 Å². The van der Waals surface area contributed by atoms with Gasteiger partial charge in [-0.15, -0.1) is 0 Å². The molecule has 144 valence electrons. The minimum absolute atomic E-state index is 0.0714. The van der Waals surface area contributed by atoms with Gasteiger partial charge < -0.3 is 9.64 Å². The first kappa shape index (κ1) is 17.7. The van der Waals surface area contributed by atoms with E-state index in [9.17, 15) is 9.59 Å². The number of benzene rings is 3. The molecule has 0 spiro atoms. The molecule has 3 aromatic rings. The Bertz CT molecular complexity index is 1090. The highest BCUT2D eigenvalue weighted by molar-refractivity contribution is 6.01. The van der Waals surface area contributed by atoms with E-state index in [-0.39, 0.29) is 17.9 Å². The molecule has 0 aromatic heterocycles. The third-order valence-corrected chi connectivity index (χ3v) is 5.92. The summed E-state index contributed by atoms with van der Waals surface area (Å²) < 4.78 is 5.53. The number of hydrogen-bond donors (Lipinski definition) is 0. The number of carbonyl (C=O) groups excluding carboxylic acids is 2. The molecule has 0 saturated heterocycles. The van der Waals surface area contributed by atoms with Crippen molar-refractivity contribution >= 4 is 17.6 Å². The highest BCUT2D eigenvalue weighted by Crippen LogP contribution is 2.55. The van der Waals surface area contributed by atoms with Gasteiger partial charge in [-0.05, 0) is 29.2 Å². The summed E-state index contributed by atoms with van der Waals surface area (Å²) in [6.45, 7) is 1.34. The van der Waals surface area contributed by atoms with Gasteiger partial charge in [-0.1, -0.05) is 72.8 Å². The Morgan fingerprint density at radius 3 is 2.31 bits per heavy atom. The van der Waals surface area contributed by atoms with E-state index >= 15 is 0 Å². The Morgan fingerprint density at radius 2 is 1.55 bits per heavy atom. The average molecular weight is 383 g/mol. The molecular weight excluding hydrogens is 362 g/mol. The lowest BCUT2D eigenvalue weighted by atomic mass is 9.96. The first-order chi connectivity index (χ1) is 14.1. The number of carbonyl (C=O) groups is 2. The second-order valence-corrected chi connectivity index (χ2v) is 7.62. The molecule has 5 rings (SSSR count). The Morgan fingerprint density at radius 1 is 0.897 bits per heavy atom. The van der Waals surface area contributed by atoms with E-state index in [0.29, 0.717) is 5.56 Å². The normalized spacial score (nSPS) is 19.8. The van der Waals surface area contributed by atoms with Crippen molar-refractivity contribution in [2.24, 2.45) is 0 Å². The number of rotatable bonds is 3. The summed E-state index contributed by atoms with van der Waals surface area (Å²) in [5.74, 6) is -0.451. The summed E-state index contributed by atoms with van der Waals surface area (Å²) in [6, 6.07) is 25.6. The molecule has 29 heavy (non-hydrogen) atoms. The number of amides is 1. The fraction of sp³-hybridized carbons (Fsp3) is 0.200. The molecule has 0 N–H and O–H groups in total. The van der Waals surface area contributed by atoms with Crippen molar-refractivity contribution in [3.63, 3.8) is 0 Å². The average Bonchev–Trinajstić information content (AvgIpc) is 3.27. The van der Waals surface area contributed by atoms with Crippen LogP contribution in [0.1, 0.15) is 47.2 Å². The standard InChI is InChI=1S/C25H21NO3/c1-16(27)29-24(17-9-3-2-4-10-17)25(28)26-22-14-8-7-13-20(22)21-15-18-11-5-6-12-19(18)23(21)26/h2-14,21,23-24H,15H2,1H3/t21-,23-,24-/m0/s1. The van der Waals surface area contributed by atoms with Crippen LogP contribution in [0.4, 0.5) is 5.69 Å². The number of para-hydroxylation sites is 1. The molecule has 1 heterocycles. The monoisotopic (exact) mass is 383 g/mol. The maximum atomic E-state index is 13.8. The molecule has 0 fully saturated rings. The summed E-state index contributed by atoms with van der Waals surface area (Å²) in [5.41, 5.74) is 5.22. The van der Waals surface area contributed by atoms with Gasteiger partial charge in [0.15, 0.2) is 0 Å². The van der Waals surface area contributed by atoms with E-state index in [1.807, 2.05) is 65.6 Å². The van der Waals surface area contributed by atoms with Gasteiger partial charge in [0, 0.05) is 24.1 Å². The van der Waals surface area contributed by atoms with E-state index in [1.54, 1.807) is 0 Å². The minimum atomic E-state index is -0.965. The fourth-order valence-electron chi connectivity index (χ4n) is 4.78. The fourth-order valence-corrected chi connectivity index (χ4v) is 4.78. The third-order valence-electron chi connectivity index (χ3n) is 5.92. The predicted molar refractivity (Wildman–Crippen MR) is 111 cm³/mol. The number of hydrogen-bond acceptors (Lipinski definition) is 3. The predicted octanol–water partition coefficient (Wildman–Crippen LogP) is 4.72. The van der Waals surface area contributed by atoms with Crippen molar-refractivity contribution < 1.29 is 14.3 Å². The Labute approximate surface area is 169 Å². The Balaban J connectivity index is 1.62.